The SMILES string of the molecule is CC(NC(=O)c1cccc(Cl)c1Cl)C(=O)N1CCNCC1C.Cl. The molecule has 0 radical (unpaired) electrons. The van der Waals surface area contributed by atoms with Gasteiger partial charge in [-0.3, -0.25) is 9.59 Å². The second kappa shape index (κ2) is 8.73. The van der Waals surface area contributed by atoms with E-state index in [-0.39, 0.29) is 34.9 Å². The summed E-state index contributed by atoms with van der Waals surface area (Å²) in [5.74, 6) is -0.503. The van der Waals surface area contributed by atoms with Crippen molar-refractivity contribution < 1.29 is 9.59 Å². The number of halogens is 3. The van der Waals surface area contributed by atoms with Gasteiger partial charge in [-0.1, -0.05) is 29.3 Å². The van der Waals surface area contributed by atoms with Crippen molar-refractivity contribution >= 4 is 47.4 Å². The molecule has 2 N–H and O–H groups in total. The molecule has 2 atom stereocenters. The number of carbonyl (C=O) groups excluding carboxylic acids is 2. The maximum atomic E-state index is 12.5. The predicted molar refractivity (Wildman–Crippen MR) is 94.7 cm³/mol. The molecule has 1 aromatic carbocycles. The van der Waals surface area contributed by atoms with Gasteiger partial charge in [0.15, 0.2) is 0 Å². The Morgan fingerprint density at radius 1 is 1.39 bits per heavy atom. The Morgan fingerprint density at radius 3 is 2.74 bits per heavy atom. The summed E-state index contributed by atoms with van der Waals surface area (Å²) in [6.45, 7) is 5.81. The first kappa shape index (κ1) is 20.0. The number of nitrogens with one attached hydrogen (secondary N) is 2. The summed E-state index contributed by atoms with van der Waals surface area (Å²) in [5.41, 5.74) is 0.266. The topological polar surface area (TPSA) is 61.4 Å². The van der Waals surface area contributed by atoms with Gasteiger partial charge >= 0.3 is 0 Å². The minimum Gasteiger partial charge on any atom is -0.340 e. The highest BCUT2D eigenvalue weighted by molar-refractivity contribution is 6.43. The standard InChI is InChI=1S/C15H19Cl2N3O2.ClH/c1-9-8-18-6-7-20(9)15(22)10(2)19-14(21)11-4-3-5-12(16)13(11)17;/h3-5,9-10,18H,6-8H2,1-2H3,(H,19,21);1H. The highest BCUT2D eigenvalue weighted by Crippen LogP contribution is 2.25. The van der Waals surface area contributed by atoms with Gasteiger partial charge in [0, 0.05) is 25.7 Å². The molecule has 1 fully saturated rings. The molecular formula is C15H20Cl3N3O2. The summed E-state index contributed by atoms with van der Waals surface area (Å²) in [7, 11) is 0. The maximum absolute atomic E-state index is 12.5. The molecule has 0 spiro atoms. The first-order chi connectivity index (χ1) is 10.4. The zero-order chi connectivity index (χ0) is 16.3. The van der Waals surface area contributed by atoms with Crippen molar-refractivity contribution in [3.8, 4) is 0 Å². The smallest absolute Gasteiger partial charge is 0.253 e. The zero-order valence-electron chi connectivity index (χ0n) is 12.9. The van der Waals surface area contributed by atoms with Gasteiger partial charge in [0.05, 0.1) is 15.6 Å². The van der Waals surface area contributed by atoms with E-state index in [1.807, 2.05) is 6.92 Å². The van der Waals surface area contributed by atoms with Crippen LogP contribution in [-0.4, -0.2) is 48.4 Å². The fourth-order valence-electron chi connectivity index (χ4n) is 2.43. The molecule has 2 rings (SSSR count). The Kier molecular flexibility index (Phi) is 7.61. The van der Waals surface area contributed by atoms with Gasteiger partial charge in [-0.25, -0.2) is 0 Å². The zero-order valence-corrected chi connectivity index (χ0v) is 15.3. The molecule has 1 aliphatic rings. The van der Waals surface area contributed by atoms with Crippen LogP contribution in [-0.2, 0) is 4.79 Å². The first-order valence-electron chi connectivity index (χ1n) is 7.18. The number of hydrogen-bond donors (Lipinski definition) is 2. The summed E-state index contributed by atoms with van der Waals surface area (Å²) < 4.78 is 0. The molecule has 1 heterocycles. The molecule has 0 saturated carbocycles. The molecule has 2 amide bonds. The van der Waals surface area contributed by atoms with Crippen molar-refractivity contribution in [2.24, 2.45) is 0 Å². The maximum Gasteiger partial charge on any atom is 0.253 e. The van der Waals surface area contributed by atoms with E-state index in [4.69, 9.17) is 23.2 Å². The molecule has 0 aromatic heterocycles. The van der Waals surface area contributed by atoms with Crippen LogP contribution in [0.4, 0.5) is 0 Å². The van der Waals surface area contributed by atoms with Gasteiger partial charge in [-0.15, -0.1) is 12.4 Å². The second-order valence-electron chi connectivity index (χ2n) is 5.38. The highest BCUT2D eigenvalue weighted by atomic mass is 35.5. The number of piperazine rings is 1. The summed E-state index contributed by atoms with van der Waals surface area (Å²) in [6.07, 6.45) is 0. The van der Waals surface area contributed by atoms with E-state index < -0.39 is 11.9 Å². The van der Waals surface area contributed by atoms with Crippen molar-refractivity contribution in [1.29, 1.82) is 0 Å². The lowest BCUT2D eigenvalue weighted by atomic mass is 10.1. The third kappa shape index (κ3) is 4.73. The number of hydrogen-bond acceptors (Lipinski definition) is 3. The Bertz CT molecular complexity index is 583. The molecule has 1 aliphatic heterocycles. The van der Waals surface area contributed by atoms with Crippen LogP contribution in [0.1, 0.15) is 24.2 Å². The van der Waals surface area contributed by atoms with Crippen LogP contribution >= 0.6 is 35.6 Å². The number of rotatable bonds is 3. The molecule has 2 unspecified atom stereocenters. The van der Waals surface area contributed by atoms with Crippen LogP contribution in [0, 0.1) is 0 Å². The van der Waals surface area contributed by atoms with Crippen LogP contribution in [0.5, 0.6) is 0 Å². The quantitative estimate of drug-likeness (QED) is 0.846. The highest BCUT2D eigenvalue weighted by Gasteiger charge is 2.28. The minimum atomic E-state index is -0.622. The molecule has 128 valence electrons. The fraction of sp³-hybridized carbons (Fsp3) is 0.467. The minimum absolute atomic E-state index is 0. The number of nitrogens with zero attached hydrogens (tertiary/aromatic N) is 1. The van der Waals surface area contributed by atoms with E-state index >= 15 is 0 Å². The molecule has 0 bridgehead atoms. The van der Waals surface area contributed by atoms with Crippen LogP contribution in [0.25, 0.3) is 0 Å². The van der Waals surface area contributed by atoms with Crippen molar-refractivity contribution in [1.82, 2.24) is 15.5 Å². The van der Waals surface area contributed by atoms with Crippen molar-refractivity contribution in [2.75, 3.05) is 19.6 Å². The lowest BCUT2D eigenvalue weighted by molar-refractivity contribution is -0.135. The van der Waals surface area contributed by atoms with E-state index in [0.717, 1.165) is 13.1 Å². The van der Waals surface area contributed by atoms with Crippen molar-refractivity contribution in [3.63, 3.8) is 0 Å². The summed E-state index contributed by atoms with van der Waals surface area (Å²) in [4.78, 5) is 26.5. The largest absolute Gasteiger partial charge is 0.340 e. The van der Waals surface area contributed by atoms with Gasteiger partial charge in [-0.2, -0.15) is 0 Å². The second-order valence-corrected chi connectivity index (χ2v) is 6.17. The normalized spacial score (nSPS) is 18.8. The Hall–Kier alpha value is -1.01. The van der Waals surface area contributed by atoms with Gasteiger partial charge < -0.3 is 15.5 Å². The Morgan fingerprint density at radius 2 is 2.09 bits per heavy atom. The van der Waals surface area contributed by atoms with Crippen molar-refractivity contribution in [2.45, 2.75) is 25.9 Å². The van der Waals surface area contributed by atoms with E-state index in [0.29, 0.717) is 11.6 Å². The van der Waals surface area contributed by atoms with Gasteiger partial charge in [0.2, 0.25) is 5.91 Å². The van der Waals surface area contributed by atoms with Crippen LogP contribution in [0.15, 0.2) is 18.2 Å². The molecule has 0 aliphatic carbocycles. The third-order valence-electron chi connectivity index (χ3n) is 3.70. The Balaban J connectivity index is 0.00000264. The van der Waals surface area contributed by atoms with E-state index in [9.17, 15) is 9.59 Å². The van der Waals surface area contributed by atoms with Crippen molar-refractivity contribution in [3.05, 3.63) is 33.8 Å². The van der Waals surface area contributed by atoms with Gasteiger partial charge in [-0.05, 0) is 26.0 Å². The Labute approximate surface area is 152 Å². The van der Waals surface area contributed by atoms with Crippen LogP contribution in [0.3, 0.4) is 0 Å². The molecule has 5 nitrogen and oxygen atoms in total. The average molecular weight is 381 g/mol. The molecule has 1 aromatic rings. The summed E-state index contributed by atoms with van der Waals surface area (Å²) >= 11 is 11.9. The van der Waals surface area contributed by atoms with E-state index in [1.165, 1.54) is 0 Å². The lowest BCUT2D eigenvalue weighted by Crippen LogP contribution is -2.57. The number of carbonyl (C=O) groups is 2. The monoisotopic (exact) mass is 379 g/mol. The number of benzene rings is 1. The van der Waals surface area contributed by atoms with Crippen LogP contribution < -0.4 is 10.6 Å². The van der Waals surface area contributed by atoms with E-state index in [2.05, 4.69) is 10.6 Å². The summed E-state index contributed by atoms with van der Waals surface area (Å²) in [5, 5.41) is 6.41. The van der Waals surface area contributed by atoms with Gasteiger partial charge in [0.25, 0.3) is 5.91 Å². The van der Waals surface area contributed by atoms with E-state index in [1.54, 1.807) is 30.0 Å². The fourth-order valence-corrected chi connectivity index (χ4v) is 2.82. The van der Waals surface area contributed by atoms with Gasteiger partial charge in [0.1, 0.15) is 6.04 Å². The third-order valence-corrected chi connectivity index (χ3v) is 4.52. The lowest BCUT2D eigenvalue weighted by Gasteiger charge is -2.35. The number of amides is 2. The van der Waals surface area contributed by atoms with Crippen LogP contribution in [0.2, 0.25) is 10.0 Å². The molecule has 23 heavy (non-hydrogen) atoms. The molecule has 8 heteroatoms. The molecule has 1 saturated heterocycles. The molecular weight excluding hydrogens is 361 g/mol. The average Bonchev–Trinajstić information content (AvgIpc) is 2.49. The first-order valence-corrected chi connectivity index (χ1v) is 7.93. The predicted octanol–water partition coefficient (Wildman–Crippen LogP) is 2.35. The summed E-state index contributed by atoms with van der Waals surface area (Å²) in [6, 6.07) is 4.32.